The van der Waals surface area contributed by atoms with Gasteiger partial charge in [0.15, 0.2) is 0 Å². The standard InChI is InChI=1S/C16H27N3O4/c1-16(2,3)23-15(22)17-9-8-12(20)14(21)11-6-7-13(18-10-11)19(4)5/h6-7,10,12,14,20-21H,8-9H2,1-5H3,(H,17,22). The summed E-state index contributed by atoms with van der Waals surface area (Å²) in [5.41, 5.74) is -0.0393. The molecular weight excluding hydrogens is 298 g/mol. The van der Waals surface area contributed by atoms with Crippen LogP contribution in [0.2, 0.25) is 0 Å². The third-order valence-electron chi connectivity index (χ3n) is 3.04. The minimum Gasteiger partial charge on any atom is -0.444 e. The number of nitrogens with zero attached hydrogens (tertiary/aromatic N) is 2. The summed E-state index contributed by atoms with van der Waals surface area (Å²) >= 11 is 0. The first-order valence-electron chi connectivity index (χ1n) is 7.56. The van der Waals surface area contributed by atoms with Crippen LogP contribution in [0, 0.1) is 0 Å². The summed E-state index contributed by atoms with van der Waals surface area (Å²) in [6, 6.07) is 3.49. The molecule has 0 radical (unpaired) electrons. The Morgan fingerprint density at radius 1 is 1.35 bits per heavy atom. The fraction of sp³-hybridized carbons (Fsp3) is 0.625. The molecule has 23 heavy (non-hydrogen) atoms. The van der Waals surface area contributed by atoms with E-state index in [0.717, 1.165) is 5.82 Å². The Hall–Kier alpha value is -1.86. The first kappa shape index (κ1) is 19.2. The molecule has 1 rings (SSSR count). The van der Waals surface area contributed by atoms with E-state index in [1.54, 1.807) is 32.9 Å². The highest BCUT2D eigenvalue weighted by Crippen LogP contribution is 2.19. The van der Waals surface area contributed by atoms with E-state index in [1.165, 1.54) is 6.20 Å². The van der Waals surface area contributed by atoms with E-state index in [-0.39, 0.29) is 13.0 Å². The van der Waals surface area contributed by atoms with E-state index in [4.69, 9.17) is 4.74 Å². The third kappa shape index (κ3) is 6.83. The van der Waals surface area contributed by atoms with Crippen molar-refractivity contribution >= 4 is 11.9 Å². The van der Waals surface area contributed by atoms with Crippen molar-refractivity contribution in [3.63, 3.8) is 0 Å². The minimum absolute atomic E-state index is 0.204. The number of rotatable bonds is 6. The number of aliphatic hydroxyl groups excluding tert-OH is 2. The van der Waals surface area contributed by atoms with Crippen molar-refractivity contribution in [3.05, 3.63) is 23.9 Å². The van der Waals surface area contributed by atoms with Crippen molar-refractivity contribution < 1.29 is 19.7 Å². The highest BCUT2D eigenvalue weighted by molar-refractivity contribution is 5.67. The molecule has 3 N–H and O–H groups in total. The molecule has 1 amide bonds. The largest absolute Gasteiger partial charge is 0.444 e. The first-order chi connectivity index (χ1) is 10.6. The van der Waals surface area contributed by atoms with E-state index >= 15 is 0 Å². The minimum atomic E-state index is -1.06. The van der Waals surface area contributed by atoms with E-state index in [9.17, 15) is 15.0 Å². The number of carbonyl (C=O) groups excluding carboxylic acids is 1. The second-order valence-corrected chi connectivity index (χ2v) is 6.57. The van der Waals surface area contributed by atoms with Gasteiger partial charge in [0.05, 0.1) is 6.10 Å². The highest BCUT2D eigenvalue weighted by atomic mass is 16.6. The van der Waals surface area contributed by atoms with Crippen LogP contribution < -0.4 is 10.2 Å². The van der Waals surface area contributed by atoms with Gasteiger partial charge in [-0.3, -0.25) is 0 Å². The van der Waals surface area contributed by atoms with Crippen molar-refractivity contribution in [2.75, 3.05) is 25.5 Å². The smallest absolute Gasteiger partial charge is 0.407 e. The molecular formula is C16H27N3O4. The number of aliphatic hydroxyl groups is 2. The number of ether oxygens (including phenoxy) is 1. The Bertz CT molecular complexity index is 497. The van der Waals surface area contributed by atoms with Crippen molar-refractivity contribution in [1.29, 1.82) is 0 Å². The van der Waals surface area contributed by atoms with Gasteiger partial charge in [-0.05, 0) is 33.3 Å². The molecule has 130 valence electrons. The van der Waals surface area contributed by atoms with Crippen molar-refractivity contribution in [2.24, 2.45) is 0 Å². The van der Waals surface area contributed by atoms with Gasteiger partial charge in [0.2, 0.25) is 0 Å². The number of alkyl carbamates (subject to hydrolysis) is 1. The van der Waals surface area contributed by atoms with Gasteiger partial charge in [0, 0.05) is 32.4 Å². The Balaban J connectivity index is 2.45. The second-order valence-electron chi connectivity index (χ2n) is 6.57. The molecule has 2 unspecified atom stereocenters. The monoisotopic (exact) mass is 325 g/mol. The maximum atomic E-state index is 11.5. The molecule has 1 aromatic rings. The van der Waals surface area contributed by atoms with Crippen molar-refractivity contribution in [3.8, 4) is 0 Å². The lowest BCUT2D eigenvalue weighted by molar-refractivity contribution is 0.0121. The van der Waals surface area contributed by atoms with Crippen molar-refractivity contribution in [2.45, 2.75) is 45.0 Å². The summed E-state index contributed by atoms with van der Waals surface area (Å²) < 4.78 is 5.09. The van der Waals surface area contributed by atoms with E-state index < -0.39 is 23.9 Å². The summed E-state index contributed by atoms with van der Waals surface area (Å²) in [7, 11) is 3.74. The van der Waals surface area contributed by atoms with Crippen LogP contribution >= 0.6 is 0 Å². The summed E-state index contributed by atoms with van der Waals surface area (Å²) in [6.07, 6.45) is -0.868. The van der Waals surface area contributed by atoms with Crippen LogP contribution in [0.5, 0.6) is 0 Å². The molecule has 0 bridgehead atoms. The summed E-state index contributed by atoms with van der Waals surface area (Å²) in [4.78, 5) is 17.5. The van der Waals surface area contributed by atoms with Crippen molar-refractivity contribution in [1.82, 2.24) is 10.3 Å². The fourth-order valence-corrected chi connectivity index (χ4v) is 1.85. The number of aromatic nitrogens is 1. The normalized spacial score (nSPS) is 14.0. The Morgan fingerprint density at radius 3 is 2.48 bits per heavy atom. The number of nitrogens with one attached hydrogen (secondary N) is 1. The van der Waals surface area contributed by atoms with Gasteiger partial charge in [-0.1, -0.05) is 6.07 Å². The Kier molecular flexibility index (Phi) is 6.78. The lowest BCUT2D eigenvalue weighted by atomic mass is 10.0. The van der Waals surface area contributed by atoms with Crippen LogP contribution in [0.3, 0.4) is 0 Å². The van der Waals surface area contributed by atoms with Gasteiger partial charge in [-0.2, -0.15) is 0 Å². The molecule has 0 aliphatic carbocycles. The third-order valence-corrected chi connectivity index (χ3v) is 3.04. The second kappa shape index (κ2) is 8.12. The molecule has 0 aromatic carbocycles. The Morgan fingerprint density at radius 2 is 2.00 bits per heavy atom. The molecule has 0 spiro atoms. The van der Waals surface area contributed by atoms with Crippen LogP contribution in [-0.2, 0) is 4.74 Å². The van der Waals surface area contributed by atoms with Crippen LogP contribution in [0.4, 0.5) is 10.6 Å². The highest BCUT2D eigenvalue weighted by Gasteiger charge is 2.20. The van der Waals surface area contributed by atoms with E-state index in [0.29, 0.717) is 5.56 Å². The average molecular weight is 325 g/mol. The maximum absolute atomic E-state index is 11.5. The van der Waals surface area contributed by atoms with Crippen LogP contribution in [0.1, 0.15) is 38.9 Å². The lowest BCUT2D eigenvalue weighted by Gasteiger charge is -2.21. The molecule has 1 aromatic heterocycles. The maximum Gasteiger partial charge on any atom is 0.407 e. The Labute approximate surface area is 137 Å². The molecule has 7 heteroatoms. The quantitative estimate of drug-likeness (QED) is 0.733. The number of hydrogen-bond donors (Lipinski definition) is 3. The van der Waals surface area contributed by atoms with Crippen LogP contribution in [-0.4, -0.2) is 53.6 Å². The summed E-state index contributed by atoms with van der Waals surface area (Å²) in [5.74, 6) is 0.766. The van der Waals surface area contributed by atoms with Crippen LogP contribution in [0.25, 0.3) is 0 Å². The molecule has 7 nitrogen and oxygen atoms in total. The molecule has 0 saturated heterocycles. The summed E-state index contributed by atoms with van der Waals surface area (Å²) in [5, 5.41) is 22.7. The zero-order valence-electron chi connectivity index (χ0n) is 14.4. The van der Waals surface area contributed by atoms with E-state index in [1.807, 2.05) is 19.0 Å². The number of carbonyl (C=O) groups is 1. The number of anilines is 1. The number of amides is 1. The van der Waals surface area contributed by atoms with Gasteiger partial charge < -0.3 is 25.2 Å². The van der Waals surface area contributed by atoms with Gasteiger partial charge >= 0.3 is 6.09 Å². The molecule has 1 heterocycles. The lowest BCUT2D eigenvalue weighted by Crippen LogP contribution is -2.34. The first-order valence-corrected chi connectivity index (χ1v) is 7.56. The fourth-order valence-electron chi connectivity index (χ4n) is 1.85. The number of pyridine rings is 1. The zero-order valence-corrected chi connectivity index (χ0v) is 14.4. The predicted molar refractivity (Wildman–Crippen MR) is 88.4 cm³/mol. The van der Waals surface area contributed by atoms with Gasteiger partial charge in [0.25, 0.3) is 0 Å². The molecule has 2 atom stereocenters. The van der Waals surface area contributed by atoms with Gasteiger partial charge in [-0.25, -0.2) is 9.78 Å². The average Bonchev–Trinajstić information content (AvgIpc) is 2.44. The van der Waals surface area contributed by atoms with Gasteiger partial charge in [-0.15, -0.1) is 0 Å². The zero-order chi connectivity index (χ0) is 17.6. The SMILES string of the molecule is CN(C)c1ccc(C(O)C(O)CCNC(=O)OC(C)(C)C)cn1. The predicted octanol–water partition coefficient (Wildman–Crippen LogP) is 1.46. The van der Waals surface area contributed by atoms with E-state index in [2.05, 4.69) is 10.3 Å². The molecule has 0 aliphatic rings. The topological polar surface area (TPSA) is 94.9 Å². The van der Waals surface area contributed by atoms with Crippen LogP contribution in [0.15, 0.2) is 18.3 Å². The molecule has 0 saturated carbocycles. The number of hydrogen-bond acceptors (Lipinski definition) is 6. The summed E-state index contributed by atoms with van der Waals surface area (Å²) in [6.45, 7) is 5.52. The molecule has 0 aliphatic heterocycles. The van der Waals surface area contributed by atoms with Gasteiger partial charge in [0.1, 0.15) is 17.5 Å². The molecule has 0 fully saturated rings.